The lowest BCUT2D eigenvalue weighted by Crippen LogP contribution is -2.19. The van der Waals surface area contributed by atoms with Crippen LogP contribution in [0, 0.1) is 0 Å². The summed E-state index contributed by atoms with van der Waals surface area (Å²) in [5.41, 5.74) is 1.17. The summed E-state index contributed by atoms with van der Waals surface area (Å²) in [6.07, 6.45) is 1.50. The van der Waals surface area contributed by atoms with Crippen molar-refractivity contribution in [3.63, 3.8) is 0 Å². The molecule has 0 spiro atoms. The summed E-state index contributed by atoms with van der Waals surface area (Å²) in [5, 5.41) is 9.12. The van der Waals surface area contributed by atoms with Crippen LogP contribution in [0.2, 0.25) is 0 Å². The van der Waals surface area contributed by atoms with Crippen LogP contribution in [-0.4, -0.2) is 22.2 Å². The average Bonchev–Trinajstić information content (AvgIpc) is 3.07. The van der Waals surface area contributed by atoms with Gasteiger partial charge in [-0.05, 0) is 30.0 Å². The standard InChI is InChI=1S/C14H10N4O3S2/c19-11-10(23-14(21)17-11)6-9-7-22-13(16-9)18-12(20)15-8-4-2-1-3-5-8/h1-7H,(H,17,19,21)(H2,15,16,18,20). The molecule has 1 saturated heterocycles. The molecule has 1 aliphatic rings. The molecule has 9 heteroatoms. The maximum Gasteiger partial charge on any atom is 0.325 e. The first kappa shape index (κ1) is 15.3. The first-order chi connectivity index (χ1) is 11.1. The quantitative estimate of drug-likeness (QED) is 0.742. The van der Waals surface area contributed by atoms with Crippen molar-refractivity contribution in [3.8, 4) is 0 Å². The summed E-state index contributed by atoms with van der Waals surface area (Å²) < 4.78 is 0. The van der Waals surface area contributed by atoms with E-state index >= 15 is 0 Å². The molecule has 2 heterocycles. The third-order valence-corrected chi connectivity index (χ3v) is 4.28. The Kier molecular flexibility index (Phi) is 4.40. The number of carbonyl (C=O) groups excluding carboxylic acids is 3. The summed E-state index contributed by atoms with van der Waals surface area (Å²) >= 11 is 2.04. The molecule has 0 bridgehead atoms. The van der Waals surface area contributed by atoms with E-state index in [0.29, 0.717) is 16.5 Å². The number of thioether (sulfide) groups is 1. The average molecular weight is 346 g/mol. The Morgan fingerprint density at radius 3 is 2.65 bits per heavy atom. The second-order valence-corrected chi connectivity index (χ2v) is 6.25. The van der Waals surface area contributed by atoms with Gasteiger partial charge in [-0.1, -0.05) is 18.2 Å². The van der Waals surface area contributed by atoms with Gasteiger partial charge >= 0.3 is 6.03 Å². The number of hydrogen-bond donors (Lipinski definition) is 3. The summed E-state index contributed by atoms with van der Waals surface area (Å²) in [6, 6.07) is 8.61. The first-order valence-electron chi connectivity index (χ1n) is 6.43. The van der Waals surface area contributed by atoms with Crippen LogP contribution in [0.1, 0.15) is 5.69 Å². The molecule has 0 unspecified atom stereocenters. The van der Waals surface area contributed by atoms with Crippen molar-refractivity contribution in [2.45, 2.75) is 0 Å². The van der Waals surface area contributed by atoms with Crippen molar-refractivity contribution in [3.05, 3.63) is 46.3 Å². The second kappa shape index (κ2) is 6.63. The van der Waals surface area contributed by atoms with Gasteiger partial charge in [-0.15, -0.1) is 11.3 Å². The molecule has 0 radical (unpaired) electrons. The molecule has 3 rings (SSSR count). The largest absolute Gasteiger partial charge is 0.325 e. The number of urea groups is 1. The molecule has 23 heavy (non-hydrogen) atoms. The van der Waals surface area contributed by atoms with Crippen LogP contribution in [-0.2, 0) is 4.79 Å². The molecule has 116 valence electrons. The summed E-state index contributed by atoms with van der Waals surface area (Å²) in [5.74, 6) is -0.440. The molecule has 0 aliphatic carbocycles. The Balaban J connectivity index is 1.63. The summed E-state index contributed by atoms with van der Waals surface area (Å²) in [7, 11) is 0. The van der Waals surface area contributed by atoms with Crippen LogP contribution < -0.4 is 16.0 Å². The highest BCUT2D eigenvalue weighted by atomic mass is 32.2. The monoisotopic (exact) mass is 346 g/mol. The molecule has 1 fully saturated rings. The molecular formula is C14H10N4O3S2. The third kappa shape index (κ3) is 3.96. The normalized spacial score (nSPS) is 15.6. The summed E-state index contributed by atoms with van der Waals surface area (Å²) in [6.45, 7) is 0. The van der Waals surface area contributed by atoms with Gasteiger partial charge in [0.15, 0.2) is 5.13 Å². The number of benzene rings is 1. The zero-order valence-corrected chi connectivity index (χ0v) is 13.2. The fourth-order valence-corrected chi connectivity index (χ4v) is 3.08. The molecule has 1 aromatic carbocycles. The minimum atomic E-state index is -0.440. The van der Waals surface area contributed by atoms with E-state index in [9.17, 15) is 14.4 Å². The Hall–Kier alpha value is -2.65. The van der Waals surface area contributed by atoms with E-state index in [1.807, 2.05) is 18.2 Å². The van der Waals surface area contributed by atoms with Crippen LogP contribution in [0.3, 0.4) is 0 Å². The van der Waals surface area contributed by atoms with Crippen molar-refractivity contribution < 1.29 is 14.4 Å². The number of thiazole rings is 1. The van der Waals surface area contributed by atoms with Gasteiger partial charge in [-0.25, -0.2) is 9.78 Å². The molecular weight excluding hydrogens is 336 g/mol. The van der Waals surface area contributed by atoms with Gasteiger partial charge in [-0.2, -0.15) is 0 Å². The van der Waals surface area contributed by atoms with Gasteiger partial charge in [0.25, 0.3) is 11.1 Å². The van der Waals surface area contributed by atoms with E-state index in [2.05, 4.69) is 20.9 Å². The van der Waals surface area contributed by atoms with E-state index in [4.69, 9.17) is 0 Å². The number of aromatic nitrogens is 1. The Labute approximate surface area is 139 Å². The SMILES string of the molecule is O=C(Nc1ccccc1)Nc1nc(C=C2SC(=O)NC2=O)cs1. The minimum Gasteiger partial charge on any atom is -0.308 e. The fraction of sp³-hybridized carbons (Fsp3) is 0. The van der Waals surface area contributed by atoms with Gasteiger partial charge in [0.1, 0.15) is 0 Å². The lowest BCUT2D eigenvalue weighted by atomic mass is 10.3. The van der Waals surface area contributed by atoms with Crippen molar-refractivity contribution in [1.82, 2.24) is 10.3 Å². The number of carbonyl (C=O) groups is 3. The maximum atomic E-state index is 11.8. The van der Waals surface area contributed by atoms with Crippen molar-refractivity contribution >= 4 is 57.2 Å². The number of amides is 4. The van der Waals surface area contributed by atoms with Crippen LogP contribution in [0.25, 0.3) is 6.08 Å². The van der Waals surface area contributed by atoms with Gasteiger partial charge in [0.05, 0.1) is 10.6 Å². The highest BCUT2D eigenvalue weighted by Crippen LogP contribution is 2.26. The van der Waals surface area contributed by atoms with Gasteiger partial charge in [0, 0.05) is 11.1 Å². The molecule has 3 N–H and O–H groups in total. The van der Waals surface area contributed by atoms with E-state index in [1.54, 1.807) is 17.5 Å². The van der Waals surface area contributed by atoms with E-state index in [-0.39, 0.29) is 4.91 Å². The Morgan fingerprint density at radius 2 is 1.96 bits per heavy atom. The molecule has 0 saturated carbocycles. The molecule has 4 amide bonds. The molecule has 1 aliphatic heterocycles. The minimum absolute atomic E-state index is 0.278. The summed E-state index contributed by atoms with van der Waals surface area (Å²) in [4.78, 5) is 38.8. The van der Waals surface area contributed by atoms with Crippen LogP contribution in [0.15, 0.2) is 40.6 Å². The Morgan fingerprint density at radius 1 is 1.17 bits per heavy atom. The molecule has 7 nitrogen and oxygen atoms in total. The Bertz CT molecular complexity index is 801. The van der Waals surface area contributed by atoms with E-state index < -0.39 is 17.2 Å². The van der Waals surface area contributed by atoms with Crippen LogP contribution in [0.4, 0.5) is 20.4 Å². The van der Waals surface area contributed by atoms with E-state index in [1.165, 1.54) is 17.4 Å². The van der Waals surface area contributed by atoms with Crippen LogP contribution >= 0.6 is 23.1 Å². The molecule has 0 atom stereocenters. The number of nitrogens with zero attached hydrogens (tertiary/aromatic N) is 1. The second-order valence-electron chi connectivity index (χ2n) is 4.37. The van der Waals surface area contributed by atoms with Crippen molar-refractivity contribution in [2.24, 2.45) is 0 Å². The highest BCUT2D eigenvalue weighted by Gasteiger charge is 2.25. The number of rotatable bonds is 3. The number of imide groups is 1. The number of para-hydroxylation sites is 1. The zero-order valence-electron chi connectivity index (χ0n) is 11.5. The smallest absolute Gasteiger partial charge is 0.308 e. The number of nitrogens with one attached hydrogen (secondary N) is 3. The maximum absolute atomic E-state index is 11.8. The van der Waals surface area contributed by atoms with E-state index in [0.717, 1.165) is 11.8 Å². The number of hydrogen-bond acceptors (Lipinski definition) is 6. The van der Waals surface area contributed by atoms with Crippen LogP contribution in [0.5, 0.6) is 0 Å². The van der Waals surface area contributed by atoms with Crippen molar-refractivity contribution in [2.75, 3.05) is 10.6 Å². The highest BCUT2D eigenvalue weighted by molar-refractivity contribution is 8.18. The first-order valence-corrected chi connectivity index (χ1v) is 8.13. The number of anilines is 2. The zero-order chi connectivity index (χ0) is 16.2. The third-order valence-electron chi connectivity index (χ3n) is 2.70. The van der Waals surface area contributed by atoms with Crippen molar-refractivity contribution in [1.29, 1.82) is 0 Å². The lowest BCUT2D eigenvalue weighted by molar-refractivity contribution is -0.115. The fourth-order valence-electron chi connectivity index (χ4n) is 1.75. The topological polar surface area (TPSA) is 100 Å². The van der Waals surface area contributed by atoms with Gasteiger partial charge in [-0.3, -0.25) is 20.2 Å². The molecule has 1 aromatic heterocycles. The van der Waals surface area contributed by atoms with Gasteiger partial charge < -0.3 is 5.32 Å². The predicted octanol–water partition coefficient (Wildman–Crippen LogP) is 3.11. The lowest BCUT2D eigenvalue weighted by Gasteiger charge is -2.04. The molecule has 2 aromatic rings. The predicted molar refractivity (Wildman–Crippen MR) is 90.3 cm³/mol. The van der Waals surface area contributed by atoms with Gasteiger partial charge in [0.2, 0.25) is 0 Å².